The van der Waals surface area contributed by atoms with Crippen LogP contribution >= 0.6 is 0 Å². The fourth-order valence-electron chi connectivity index (χ4n) is 2.25. The van der Waals surface area contributed by atoms with E-state index in [0.29, 0.717) is 10.9 Å². The van der Waals surface area contributed by atoms with Crippen LogP contribution in [0.25, 0.3) is 10.9 Å². The Kier molecular flexibility index (Phi) is 3.56. The monoisotopic (exact) mass is 257 g/mol. The van der Waals surface area contributed by atoms with Crippen molar-refractivity contribution in [2.24, 2.45) is 5.92 Å². The first-order chi connectivity index (χ1) is 8.95. The number of hydrogen-bond donors (Lipinski definition) is 0. The van der Waals surface area contributed by atoms with Crippen LogP contribution in [-0.2, 0) is 6.54 Å². The average Bonchev–Trinajstić information content (AvgIpc) is 2.38. The Morgan fingerprint density at radius 2 is 2.00 bits per heavy atom. The molecule has 0 aliphatic rings. The summed E-state index contributed by atoms with van der Waals surface area (Å²) < 4.78 is 1.97. The molecule has 1 aromatic heterocycles. The van der Waals surface area contributed by atoms with E-state index in [2.05, 4.69) is 0 Å². The number of hydrogen-bond acceptors (Lipinski definition) is 2. The van der Waals surface area contributed by atoms with Crippen molar-refractivity contribution in [3.63, 3.8) is 0 Å². The van der Waals surface area contributed by atoms with Gasteiger partial charge in [-0.25, -0.2) is 0 Å². The highest BCUT2D eigenvalue weighted by Crippen LogP contribution is 2.15. The Morgan fingerprint density at radius 3 is 2.58 bits per heavy atom. The molecular weight excluding hydrogens is 238 g/mol. The third kappa shape index (κ3) is 2.33. The first kappa shape index (κ1) is 13.5. The number of fused-ring (bicyclic) bond motifs is 1. The zero-order chi connectivity index (χ0) is 14.2. The topological polar surface area (TPSA) is 39.1 Å². The quantitative estimate of drug-likeness (QED) is 0.792. The number of aromatic nitrogens is 1. The van der Waals surface area contributed by atoms with Gasteiger partial charge in [0.2, 0.25) is 0 Å². The third-order valence-corrected chi connectivity index (χ3v) is 3.37. The molecule has 0 bridgehead atoms. The van der Waals surface area contributed by atoms with Gasteiger partial charge in [-0.1, -0.05) is 19.9 Å². The molecule has 1 aromatic carbocycles. The van der Waals surface area contributed by atoms with Crippen LogP contribution < -0.4 is 5.43 Å². The van der Waals surface area contributed by atoms with Crippen LogP contribution in [-0.4, -0.2) is 10.4 Å². The Morgan fingerprint density at radius 1 is 1.32 bits per heavy atom. The summed E-state index contributed by atoms with van der Waals surface area (Å²) in [6, 6.07) is 5.72. The van der Waals surface area contributed by atoms with Crippen LogP contribution in [0.3, 0.4) is 0 Å². The van der Waals surface area contributed by atoms with E-state index in [4.69, 9.17) is 0 Å². The third-order valence-electron chi connectivity index (χ3n) is 3.37. The zero-order valence-corrected chi connectivity index (χ0v) is 11.9. The summed E-state index contributed by atoms with van der Waals surface area (Å²) in [7, 11) is 0. The molecule has 0 N–H and O–H groups in total. The maximum Gasteiger partial charge on any atom is 0.200 e. The number of nitrogens with zero attached hydrogens (tertiary/aromatic N) is 1. The molecule has 0 saturated heterocycles. The van der Waals surface area contributed by atoms with E-state index in [1.807, 2.05) is 50.5 Å². The molecule has 0 fully saturated rings. The molecule has 0 radical (unpaired) electrons. The van der Waals surface area contributed by atoms with Crippen molar-refractivity contribution in [1.29, 1.82) is 0 Å². The van der Waals surface area contributed by atoms with Crippen LogP contribution in [0.4, 0.5) is 0 Å². The van der Waals surface area contributed by atoms with E-state index < -0.39 is 0 Å². The van der Waals surface area contributed by atoms with Crippen LogP contribution in [0, 0.1) is 12.8 Å². The maximum atomic E-state index is 12.4. The summed E-state index contributed by atoms with van der Waals surface area (Å²) in [6.07, 6.45) is 1.70. The Balaban J connectivity index is 2.83. The minimum Gasteiger partial charge on any atom is -0.347 e. The van der Waals surface area contributed by atoms with Crippen molar-refractivity contribution >= 4 is 16.7 Å². The standard InChI is InChI=1S/C16H19NO2/c1-5-17-9-13(15(18)10(2)3)16(19)12-7-6-11(4)8-14(12)17/h6-10H,5H2,1-4H3. The van der Waals surface area contributed by atoms with Gasteiger partial charge in [-0.15, -0.1) is 0 Å². The van der Waals surface area contributed by atoms with E-state index in [-0.39, 0.29) is 17.1 Å². The lowest BCUT2D eigenvalue weighted by Gasteiger charge is -2.12. The van der Waals surface area contributed by atoms with Gasteiger partial charge in [-0.05, 0) is 31.5 Å². The van der Waals surface area contributed by atoms with Crippen molar-refractivity contribution in [1.82, 2.24) is 4.57 Å². The highest BCUT2D eigenvalue weighted by molar-refractivity contribution is 5.99. The molecule has 2 aromatic rings. The van der Waals surface area contributed by atoms with Crippen LogP contribution in [0.15, 0.2) is 29.2 Å². The Hall–Kier alpha value is -1.90. The van der Waals surface area contributed by atoms with Crippen LogP contribution in [0.1, 0.15) is 36.7 Å². The van der Waals surface area contributed by atoms with Crippen LogP contribution in [0.5, 0.6) is 0 Å². The average molecular weight is 257 g/mol. The zero-order valence-electron chi connectivity index (χ0n) is 11.9. The highest BCUT2D eigenvalue weighted by atomic mass is 16.1. The van der Waals surface area contributed by atoms with E-state index in [9.17, 15) is 9.59 Å². The lowest BCUT2D eigenvalue weighted by atomic mass is 10.00. The van der Waals surface area contributed by atoms with Crippen molar-refractivity contribution in [3.05, 3.63) is 45.7 Å². The SMILES string of the molecule is CCn1cc(C(=O)C(C)C)c(=O)c2ccc(C)cc21. The summed E-state index contributed by atoms with van der Waals surface area (Å²) in [4.78, 5) is 24.6. The van der Waals surface area contributed by atoms with Gasteiger partial charge in [0.1, 0.15) is 0 Å². The van der Waals surface area contributed by atoms with Crippen molar-refractivity contribution < 1.29 is 4.79 Å². The molecule has 0 atom stereocenters. The van der Waals surface area contributed by atoms with Crippen molar-refractivity contribution in [2.75, 3.05) is 0 Å². The van der Waals surface area contributed by atoms with E-state index in [0.717, 1.165) is 17.6 Å². The fraction of sp³-hybridized carbons (Fsp3) is 0.375. The highest BCUT2D eigenvalue weighted by Gasteiger charge is 2.17. The molecule has 0 saturated carbocycles. The predicted molar refractivity (Wildman–Crippen MR) is 77.8 cm³/mol. The molecule has 0 amide bonds. The minimum atomic E-state index is -0.166. The summed E-state index contributed by atoms with van der Waals surface area (Å²) in [5, 5.41) is 0.624. The normalized spacial score (nSPS) is 11.2. The van der Waals surface area contributed by atoms with Gasteiger partial charge in [-0.2, -0.15) is 0 Å². The fourth-order valence-corrected chi connectivity index (χ4v) is 2.25. The molecule has 0 unspecified atom stereocenters. The second-order valence-corrected chi connectivity index (χ2v) is 5.20. The van der Waals surface area contributed by atoms with Gasteiger partial charge < -0.3 is 4.57 Å². The number of Topliss-reactive ketones (excluding diaryl/α,β-unsaturated/α-hetero) is 1. The molecule has 0 aliphatic heterocycles. The lowest BCUT2D eigenvalue weighted by molar-refractivity contribution is 0.0938. The number of benzene rings is 1. The predicted octanol–water partition coefficient (Wildman–Crippen LogP) is 3.17. The van der Waals surface area contributed by atoms with Gasteiger partial charge in [0.15, 0.2) is 11.2 Å². The maximum absolute atomic E-state index is 12.4. The van der Waals surface area contributed by atoms with E-state index in [1.165, 1.54) is 0 Å². The number of aryl methyl sites for hydroxylation is 2. The Bertz CT molecular complexity index is 696. The van der Waals surface area contributed by atoms with E-state index >= 15 is 0 Å². The summed E-state index contributed by atoms with van der Waals surface area (Å²) >= 11 is 0. The summed E-state index contributed by atoms with van der Waals surface area (Å²) in [5.74, 6) is -0.254. The van der Waals surface area contributed by atoms with Crippen LogP contribution in [0.2, 0.25) is 0 Å². The number of carbonyl (C=O) groups excluding carboxylic acids is 1. The second-order valence-electron chi connectivity index (χ2n) is 5.20. The summed E-state index contributed by atoms with van der Waals surface area (Å²) in [6.45, 7) is 8.38. The molecule has 0 aliphatic carbocycles. The first-order valence-electron chi connectivity index (χ1n) is 6.63. The van der Waals surface area contributed by atoms with Crippen molar-refractivity contribution in [2.45, 2.75) is 34.2 Å². The molecule has 1 heterocycles. The molecule has 0 spiro atoms. The number of rotatable bonds is 3. The number of carbonyl (C=O) groups is 1. The molecule has 3 nitrogen and oxygen atoms in total. The largest absolute Gasteiger partial charge is 0.347 e. The van der Waals surface area contributed by atoms with Gasteiger partial charge in [0, 0.05) is 24.0 Å². The smallest absolute Gasteiger partial charge is 0.200 e. The molecular formula is C16H19NO2. The van der Waals surface area contributed by atoms with E-state index in [1.54, 1.807) is 6.20 Å². The van der Waals surface area contributed by atoms with Gasteiger partial charge in [-0.3, -0.25) is 9.59 Å². The molecule has 2 rings (SSSR count). The van der Waals surface area contributed by atoms with Gasteiger partial charge in [0.05, 0.1) is 11.1 Å². The minimum absolute atomic E-state index is 0.0883. The molecule has 100 valence electrons. The van der Waals surface area contributed by atoms with Crippen molar-refractivity contribution in [3.8, 4) is 0 Å². The van der Waals surface area contributed by atoms with Gasteiger partial charge >= 0.3 is 0 Å². The van der Waals surface area contributed by atoms with Gasteiger partial charge in [0.25, 0.3) is 0 Å². The molecule has 19 heavy (non-hydrogen) atoms. The molecule has 3 heteroatoms. The first-order valence-corrected chi connectivity index (χ1v) is 6.63. The summed E-state index contributed by atoms with van der Waals surface area (Å²) in [5.41, 5.74) is 2.15. The number of ketones is 1. The number of pyridine rings is 1. The lowest BCUT2D eigenvalue weighted by Crippen LogP contribution is -2.22. The Labute approximate surface area is 112 Å². The second kappa shape index (κ2) is 5.00.